The molecule has 1 N–H and O–H groups in total. The van der Waals surface area contributed by atoms with Crippen molar-refractivity contribution in [3.8, 4) is 0 Å². The molecule has 104 valence electrons. The first-order chi connectivity index (χ1) is 8.93. The molecule has 19 heavy (non-hydrogen) atoms. The minimum Gasteiger partial charge on any atom is -0.462 e. The van der Waals surface area contributed by atoms with Gasteiger partial charge in [-0.15, -0.1) is 0 Å². The number of aryl methyl sites for hydroxylation is 1. The number of aromatic nitrogens is 1. The lowest BCUT2D eigenvalue weighted by atomic mass is 10.4. The normalized spacial score (nSPS) is 10.1. The van der Waals surface area contributed by atoms with E-state index in [0.717, 1.165) is 23.1 Å². The maximum absolute atomic E-state index is 11.6. The lowest BCUT2D eigenvalue weighted by molar-refractivity contribution is -0.114. The third kappa shape index (κ3) is 4.99. The molecule has 1 heterocycles. The molecule has 0 saturated carbocycles. The lowest BCUT2D eigenvalue weighted by Gasteiger charge is -1.99. The molecule has 0 atom stereocenters. The van der Waals surface area contributed by atoms with Crippen molar-refractivity contribution >= 4 is 45.2 Å². The van der Waals surface area contributed by atoms with Crippen LogP contribution in [0.1, 0.15) is 29.2 Å². The second-order valence-corrected chi connectivity index (χ2v) is 5.63. The topological polar surface area (TPSA) is 85.4 Å². The number of hydrogen-bond donors (Lipinski definition) is 1. The summed E-state index contributed by atoms with van der Waals surface area (Å²) in [6.45, 7) is 5.07. The molecule has 0 aliphatic rings. The molecule has 0 radical (unpaired) electrons. The van der Waals surface area contributed by atoms with Crippen LogP contribution in [-0.4, -0.2) is 34.3 Å². The third-order valence-corrected chi connectivity index (χ3v) is 3.78. The maximum atomic E-state index is 11.6. The van der Waals surface area contributed by atoms with E-state index in [4.69, 9.17) is 4.74 Å². The van der Waals surface area contributed by atoms with E-state index in [1.807, 2.05) is 0 Å². The van der Waals surface area contributed by atoms with Crippen LogP contribution in [-0.2, 0) is 14.3 Å². The van der Waals surface area contributed by atoms with E-state index in [0.29, 0.717) is 15.7 Å². The maximum Gasteiger partial charge on any atom is 0.350 e. The molecule has 0 aliphatic carbocycles. The second kappa shape index (κ2) is 7.25. The number of rotatable bonds is 5. The Balaban J connectivity index is 2.65. The lowest BCUT2D eigenvalue weighted by Crippen LogP contribution is -2.14. The highest BCUT2D eigenvalue weighted by Gasteiger charge is 2.17. The standard InChI is InChI=1S/C11H14N2O4S2/c1-4-17-10(16)9-6(2)12-11(19-9)13-8(15)5-18-7(3)14/h4-5H2,1-3H3,(H,12,13,15). The zero-order valence-electron chi connectivity index (χ0n) is 10.8. The molecule has 8 heteroatoms. The van der Waals surface area contributed by atoms with Gasteiger partial charge in [-0.05, 0) is 13.8 Å². The number of nitrogens with one attached hydrogen (secondary N) is 1. The van der Waals surface area contributed by atoms with Gasteiger partial charge in [0, 0.05) is 6.92 Å². The van der Waals surface area contributed by atoms with Gasteiger partial charge < -0.3 is 10.1 Å². The van der Waals surface area contributed by atoms with Crippen LogP contribution in [0.4, 0.5) is 5.13 Å². The van der Waals surface area contributed by atoms with Crippen molar-refractivity contribution in [3.63, 3.8) is 0 Å². The van der Waals surface area contributed by atoms with Crippen molar-refractivity contribution < 1.29 is 19.1 Å². The van der Waals surface area contributed by atoms with Gasteiger partial charge >= 0.3 is 5.97 Å². The Morgan fingerprint density at radius 1 is 1.42 bits per heavy atom. The van der Waals surface area contributed by atoms with Gasteiger partial charge in [-0.25, -0.2) is 9.78 Å². The van der Waals surface area contributed by atoms with Crippen LogP contribution in [0.3, 0.4) is 0 Å². The molecule has 0 spiro atoms. The quantitative estimate of drug-likeness (QED) is 0.835. The number of thiazole rings is 1. The molecule has 0 unspecified atom stereocenters. The Hall–Kier alpha value is -1.41. The summed E-state index contributed by atoms with van der Waals surface area (Å²) < 4.78 is 4.88. The fourth-order valence-corrected chi connectivity index (χ4v) is 2.44. The van der Waals surface area contributed by atoms with Crippen molar-refractivity contribution in [2.45, 2.75) is 20.8 Å². The summed E-state index contributed by atoms with van der Waals surface area (Å²) in [5.74, 6) is -0.747. The van der Waals surface area contributed by atoms with Crippen molar-refractivity contribution in [2.24, 2.45) is 0 Å². The largest absolute Gasteiger partial charge is 0.462 e. The second-order valence-electron chi connectivity index (χ2n) is 3.48. The summed E-state index contributed by atoms with van der Waals surface area (Å²) in [6.07, 6.45) is 0. The number of nitrogens with zero attached hydrogens (tertiary/aromatic N) is 1. The molecule has 0 saturated heterocycles. The number of thioether (sulfide) groups is 1. The molecular formula is C11H14N2O4S2. The first-order valence-corrected chi connectivity index (χ1v) is 7.32. The Morgan fingerprint density at radius 2 is 2.11 bits per heavy atom. The smallest absolute Gasteiger partial charge is 0.350 e. The molecule has 1 aromatic rings. The SMILES string of the molecule is CCOC(=O)c1sc(NC(=O)CSC(C)=O)nc1C. The summed E-state index contributed by atoms with van der Waals surface area (Å²) in [5.41, 5.74) is 0.512. The molecule has 0 bridgehead atoms. The summed E-state index contributed by atoms with van der Waals surface area (Å²) in [7, 11) is 0. The van der Waals surface area contributed by atoms with Crippen LogP contribution in [0, 0.1) is 6.92 Å². The Morgan fingerprint density at radius 3 is 2.68 bits per heavy atom. The number of carbonyl (C=O) groups is 3. The third-order valence-electron chi connectivity index (χ3n) is 1.91. The van der Waals surface area contributed by atoms with E-state index in [1.54, 1.807) is 13.8 Å². The van der Waals surface area contributed by atoms with Crippen LogP contribution >= 0.6 is 23.1 Å². The van der Waals surface area contributed by atoms with E-state index >= 15 is 0 Å². The Kier molecular flexibility index (Phi) is 5.97. The number of anilines is 1. The number of amides is 1. The molecular weight excluding hydrogens is 288 g/mol. The van der Waals surface area contributed by atoms with Gasteiger partial charge in [-0.1, -0.05) is 23.1 Å². The van der Waals surface area contributed by atoms with Crippen LogP contribution in [0.25, 0.3) is 0 Å². The zero-order chi connectivity index (χ0) is 14.4. The molecule has 0 aromatic carbocycles. The Labute approximate surface area is 118 Å². The highest BCUT2D eigenvalue weighted by atomic mass is 32.2. The minimum atomic E-state index is -0.448. The predicted molar refractivity (Wildman–Crippen MR) is 74.6 cm³/mol. The predicted octanol–water partition coefficient (Wildman–Crippen LogP) is 1.85. The fraction of sp³-hybridized carbons (Fsp3) is 0.455. The molecule has 0 fully saturated rings. The molecule has 1 aromatic heterocycles. The van der Waals surface area contributed by atoms with Crippen molar-refractivity contribution in [1.82, 2.24) is 4.98 Å². The van der Waals surface area contributed by atoms with Gasteiger partial charge in [0.25, 0.3) is 0 Å². The first-order valence-electron chi connectivity index (χ1n) is 5.51. The molecule has 0 aliphatic heterocycles. The number of hydrogen-bond acceptors (Lipinski definition) is 7. The summed E-state index contributed by atoms with van der Waals surface area (Å²) in [4.78, 5) is 38.2. The average Bonchev–Trinajstić information content (AvgIpc) is 2.68. The summed E-state index contributed by atoms with van der Waals surface area (Å²) in [5, 5.41) is 2.74. The van der Waals surface area contributed by atoms with Gasteiger partial charge in [-0.3, -0.25) is 9.59 Å². The highest BCUT2D eigenvalue weighted by Crippen LogP contribution is 2.23. The van der Waals surface area contributed by atoms with Gasteiger partial charge in [0.05, 0.1) is 18.1 Å². The van der Waals surface area contributed by atoms with E-state index in [2.05, 4.69) is 10.3 Å². The van der Waals surface area contributed by atoms with E-state index in [-0.39, 0.29) is 23.4 Å². The van der Waals surface area contributed by atoms with Gasteiger partial charge in [-0.2, -0.15) is 0 Å². The van der Waals surface area contributed by atoms with Gasteiger partial charge in [0.15, 0.2) is 10.2 Å². The van der Waals surface area contributed by atoms with Crippen molar-refractivity contribution in [3.05, 3.63) is 10.6 Å². The fourth-order valence-electron chi connectivity index (χ4n) is 1.16. The van der Waals surface area contributed by atoms with Crippen LogP contribution < -0.4 is 5.32 Å². The van der Waals surface area contributed by atoms with Crippen LogP contribution in [0.5, 0.6) is 0 Å². The average molecular weight is 302 g/mol. The summed E-state index contributed by atoms with van der Waals surface area (Å²) in [6, 6.07) is 0. The van der Waals surface area contributed by atoms with Crippen molar-refractivity contribution in [2.75, 3.05) is 17.7 Å². The van der Waals surface area contributed by atoms with Crippen molar-refractivity contribution in [1.29, 1.82) is 0 Å². The molecule has 1 amide bonds. The summed E-state index contributed by atoms with van der Waals surface area (Å²) >= 11 is 1.98. The van der Waals surface area contributed by atoms with Gasteiger partial charge in [0.2, 0.25) is 5.91 Å². The number of esters is 1. The van der Waals surface area contributed by atoms with Crippen LogP contribution in [0.2, 0.25) is 0 Å². The van der Waals surface area contributed by atoms with Gasteiger partial charge in [0.1, 0.15) is 4.88 Å². The Bertz CT molecular complexity index is 499. The number of carbonyl (C=O) groups excluding carboxylic acids is 3. The molecule has 1 rings (SSSR count). The van der Waals surface area contributed by atoms with E-state index in [9.17, 15) is 14.4 Å². The minimum absolute atomic E-state index is 0.0305. The van der Waals surface area contributed by atoms with E-state index in [1.165, 1.54) is 6.92 Å². The van der Waals surface area contributed by atoms with E-state index < -0.39 is 5.97 Å². The number of ether oxygens (including phenoxy) is 1. The first kappa shape index (κ1) is 15.6. The molecule has 6 nitrogen and oxygen atoms in total. The highest BCUT2D eigenvalue weighted by molar-refractivity contribution is 8.14. The zero-order valence-corrected chi connectivity index (χ0v) is 12.4. The van der Waals surface area contributed by atoms with Crippen LogP contribution in [0.15, 0.2) is 0 Å². The monoisotopic (exact) mass is 302 g/mol.